The van der Waals surface area contributed by atoms with Crippen molar-refractivity contribution in [3.63, 3.8) is 0 Å². The van der Waals surface area contributed by atoms with Gasteiger partial charge in [0.25, 0.3) is 0 Å². The summed E-state index contributed by atoms with van der Waals surface area (Å²) in [6, 6.07) is 7.47. The number of ether oxygens (including phenoxy) is 2. The Morgan fingerprint density at radius 3 is 1.68 bits per heavy atom. The highest BCUT2D eigenvalue weighted by molar-refractivity contribution is 5.90. The molecule has 0 heterocycles. The maximum Gasteiger partial charge on any atom is 0.335 e. The monoisotopic (exact) mass is 612 g/mol. The highest BCUT2D eigenvalue weighted by atomic mass is 16.5. The Morgan fingerprint density at radius 2 is 1.16 bits per heavy atom. The number of benzene rings is 2. The molecule has 6 heteroatoms. The smallest absolute Gasteiger partial charge is 0.335 e. The SMILES string of the molecule is CCCCCCCc1c(C)ccc(C(=O)O)c1CCOC.CCCCc1ccc(C(=O)O)c(CCOC)c1CCCC(C)C. The summed E-state index contributed by atoms with van der Waals surface area (Å²) < 4.78 is 10.3. The third-order valence-corrected chi connectivity index (χ3v) is 8.31. The Labute approximate surface area is 267 Å². The van der Waals surface area contributed by atoms with Gasteiger partial charge in [-0.1, -0.05) is 78.4 Å². The molecule has 0 aliphatic heterocycles. The number of hydrogen-bond donors (Lipinski definition) is 2. The van der Waals surface area contributed by atoms with Gasteiger partial charge in [-0.3, -0.25) is 0 Å². The second kappa shape index (κ2) is 22.8. The van der Waals surface area contributed by atoms with E-state index in [1.165, 1.54) is 54.4 Å². The quantitative estimate of drug-likeness (QED) is 0.137. The normalized spacial score (nSPS) is 11.0. The summed E-state index contributed by atoms with van der Waals surface area (Å²) in [5.41, 5.74) is 7.81. The van der Waals surface area contributed by atoms with Crippen LogP contribution < -0.4 is 0 Å². The largest absolute Gasteiger partial charge is 0.478 e. The fourth-order valence-electron chi connectivity index (χ4n) is 5.79. The lowest BCUT2D eigenvalue weighted by atomic mass is 9.88. The molecule has 0 amide bonds. The van der Waals surface area contributed by atoms with E-state index in [4.69, 9.17) is 9.47 Å². The molecule has 2 aromatic rings. The van der Waals surface area contributed by atoms with Gasteiger partial charge in [0, 0.05) is 14.2 Å². The zero-order chi connectivity index (χ0) is 32.9. The molecule has 248 valence electrons. The number of carbonyl (C=O) groups is 2. The maximum atomic E-state index is 11.6. The number of unbranched alkanes of at least 4 members (excludes halogenated alkanes) is 5. The van der Waals surface area contributed by atoms with E-state index in [1.807, 2.05) is 12.1 Å². The number of rotatable bonds is 21. The second-order valence-electron chi connectivity index (χ2n) is 12.3. The van der Waals surface area contributed by atoms with Gasteiger partial charge >= 0.3 is 11.9 Å². The molecule has 0 saturated heterocycles. The first-order valence-electron chi connectivity index (χ1n) is 16.8. The molecule has 0 spiro atoms. The first-order valence-corrected chi connectivity index (χ1v) is 16.8. The second-order valence-corrected chi connectivity index (χ2v) is 12.3. The summed E-state index contributed by atoms with van der Waals surface area (Å²) in [6.07, 6.45) is 15.0. The number of aromatic carboxylic acids is 2. The van der Waals surface area contributed by atoms with Crippen LogP contribution >= 0.6 is 0 Å². The molecule has 2 N–H and O–H groups in total. The number of aryl methyl sites for hydroxylation is 2. The van der Waals surface area contributed by atoms with Gasteiger partial charge in [-0.05, 0) is 110 Å². The van der Waals surface area contributed by atoms with Crippen LogP contribution in [0.4, 0.5) is 0 Å². The predicted octanol–water partition coefficient (Wildman–Crippen LogP) is 9.29. The number of carboxylic acids is 2. The van der Waals surface area contributed by atoms with E-state index in [2.05, 4.69) is 34.6 Å². The van der Waals surface area contributed by atoms with Crippen LogP contribution in [0.1, 0.15) is 140 Å². The molecule has 0 unspecified atom stereocenters. The summed E-state index contributed by atoms with van der Waals surface area (Å²) in [5.74, 6) is -0.990. The van der Waals surface area contributed by atoms with E-state index in [1.54, 1.807) is 26.4 Å². The average molecular weight is 613 g/mol. The van der Waals surface area contributed by atoms with Gasteiger partial charge in [0.1, 0.15) is 0 Å². The summed E-state index contributed by atoms with van der Waals surface area (Å²) in [5, 5.41) is 18.9. The van der Waals surface area contributed by atoms with Crippen LogP contribution in [-0.4, -0.2) is 49.6 Å². The van der Waals surface area contributed by atoms with Crippen molar-refractivity contribution in [1.29, 1.82) is 0 Å². The van der Waals surface area contributed by atoms with Crippen molar-refractivity contribution in [1.82, 2.24) is 0 Å². The standard InChI is InChI=1S/C20H32O3.C18H28O3/c1-5-6-9-16-11-12-19(20(21)22)18(13-14-23-4)17(16)10-7-8-15(2)3;1-4-5-6-7-8-9-15-14(2)10-11-17(18(19)20)16(15)12-13-21-3/h11-12,15H,5-10,13-14H2,1-4H3,(H,21,22);10-11H,4-9,12-13H2,1-3H3,(H,19,20). The zero-order valence-electron chi connectivity index (χ0n) is 28.7. The summed E-state index contributed by atoms with van der Waals surface area (Å²) >= 11 is 0. The van der Waals surface area contributed by atoms with E-state index >= 15 is 0 Å². The minimum Gasteiger partial charge on any atom is -0.478 e. The first-order chi connectivity index (χ1) is 21.1. The number of methoxy groups -OCH3 is 2. The van der Waals surface area contributed by atoms with Crippen LogP contribution in [0, 0.1) is 12.8 Å². The predicted molar refractivity (Wildman–Crippen MR) is 182 cm³/mol. The van der Waals surface area contributed by atoms with Crippen LogP contribution in [0.2, 0.25) is 0 Å². The fraction of sp³-hybridized carbons (Fsp3) is 0.632. The Hall–Kier alpha value is -2.70. The van der Waals surface area contributed by atoms with Crippen LogP contribution in [0.25, 0.3) is 0 Å². The zero-order valence-corrected chi connectivity index (χ0v) is 28.7. The van der Waals surface area contributed by atoms with Crippen LogP contribution in [0.5, 0.6) is 0 Å². The van der Waals surface area contributed by atoms with Crippen LogP contribution in [0.3, 0.4) is 0 Å². The van der Waals surface area contributed by atoms with Crippen molar-refractivity contribution in [3.8, 4) is 0 Å². The molecule has 0 aliphatic rings. The lowest BCUT2D eigenvalue weighted by molar-refractivity contribution is 0.0684. The van der Waals surface area contributed by atoms with Gasteiger partial charge in [-0.25, -0.2) is 9.59 Å². The molecule has 0 aliphatic carbocycles. The summed E-state index contributed by atoms with van der Waals surface area (Å²) in [4.78, 5) is 23.0. The molecular formula is C38H60O6. The summed E-state index contributed by atoms with van der Waals surface area (Å²) in [7, 11) is 3.32. The van der Waals surface area contributed by atoms with E-state index in [0.717, 1.165) is 56.1 Å². The van der Waals surface area contributed by atoms with Crippen molar-refractivity contribution in [2.75, 3.05) is 27.4 Å². The van der Waals surface area contributed by atoms with Gasteiger partial charge in [0.15, 0.2) is 0 Å². The highest BCUT2D eigenvalue weighted by Crippen LogP contribution is 2.26. The third kappa shape index (κ3) is 13.9. The van der Waals surface area contributed by atoms with Crippen LogP contribution in [0.15, 0.2) is 24.3 Å². The van der Waals surface area contributed by atoms with Crippen molar-refractivity contribution >= 4 is 11.9 Å². The van der Waals surface area contributed by atoms with Crippen molar-refractivity contribution in [3.05, 3.63) is 68.8 Å². The van der Waals surface area contributed by atoms with Gasteiger partial charge in [-0.15, -0.1) is 0 Å². The Bertz CT molecular complexity index is 1120. The lowest BCUT2D eigenvalue weighted by Crippen LogP contribution is -2.12. The molecule has 2 rings (SSSR count). The molecule has 44 heavy (non-hydrogen) atoms. The molecule has 6 nitrogen and oxygen atoms in total. The minimum absolute atomic E-state index is 0.432. The lowest BCUT2D eigenvalue weighted by Gasteiger charge is -2.18. The fourth-order valence-corrected chi connectivity index (χ4v) is 5.79. The molecule has 0 bridgehead atoms. The topological polar surface area (TPSA) is 93.1 Å². The molecule has 0 atom stereocenters. The number of hydrogen-bond acceptors (Lipinski definition) is 4. The molecule has 2 aromatic carbocycles. The van der Waals surface area contributed by atoms with Crippen molar-refractivity contribution in [2.45, 2.75) is 125 Å². The third-order valence-electron chi connectivity index (χ3n) is 8.31. The van der Waals surface area contributed by atoms with Gasteiger partial charge < -0.3 is 19.7 Å². The molecular weight excluding hydrogens is 552 g/mol. The van der Waals surface area contributed by atoms with E-state index in [9.17, 15) is 19.8 Å². The Kier molecular flexibility index (Phi) is 20.3. The van der Waals surface area contributed by atoms with Gasteiger partial charge in [-0.2, -0.15) is 0 Å². The van der Waals surface area contributed by atoms with Crippen molar-refractivity contribution in [2.24, 2.45) is 5.92 Å². The Balaban J connectivity index is 0.000000442. The van der Waals surface area contributed by atoms with Crippen LogP contribution in [-0.2, 0) is 41.6 Å². The van der Waals surface area contributed by atoms with E-state index < -0.39 is 11.9 Å². The molecule has 0 radical (unpaired) electrons. The van der Waals surface area contributed by atoms with E-state index in [-0.39, 0.29) is 0 Å². The molecule has 0 saturated carbocycles. The van der Waals surface area contributed by atoms with Crippen molar-refractivity contribution < 1.29 is 29.3 Å². The Morgan fingerprint density at radius 1 is 0.636 bits per heavy atom. The minimum atomic E-state index is -0.840. The summed E-state index contributed by atoms with van der Waals surface area (Å²) in [6.45, 7) is 12.1. The molecule has 0 aromatic heterocycles. The van der Waals surface area contributed by atoms with E-state index in [0.29, 0.717) is 43.1 Å². The van der Waals surface area contributed by atoms with Gasteiger partial charge in [0.2, 0.25) is 0 Å². The maximum absolute atomic E-state index is 11.6. The number of carboxylic acid groups (broad SMARTS) is 2. The molecule has 0 fully saturated rings. The highest BCUT2D eigenvalue weighted by Gasteiger charge is 2.18. The first kappa shape index (κ1) is 39.3. The average Bonchev–Trinajstić information content (AvgIpc) is 2.98. The van der Waals surface area contributed by atoms with Gasteiger partial charge in [0.05, 0.1) is 24.3 Å².